The average molecular weight is 233 g/mol. The first kappa shape index (κ1) is 12.1. The topological polar surface area (TPSA) is 40.5 Å². The second-order valence-electron chi connectivity index (χ2n) is 4.64. The lowest BCUT2D eigenvalue weighted by molar-refractivity contribution is -0.133. The van der Waals surface area contributed by atoms with Gasteiger partial charge in [0, 0.05) is 6.54 Å². The van der Waals surface area contributed by atoms with Crippen LogP contribution in [0.3, 0.4) is 0 Å². The van der Waals surface area contributed by atoms with Crippen molar-refractivity contribution in [3.05, 3.63) is 35.9 Å². The van der Waals surface area contributed by atoms with Gasteiger partial charge in [0.15, 0.2) is 0 Å². The Hall–Kier alpha value is -1.35. The van der Waals surface area contributed by atoms with E-state index in [2.05, 4.69) is 0 Å². The summed E-state index contributed by atoms with van der Waals surface area (Å²) in [6.45, 7) is 2.79. The highest BCUT2D eigenvalue weighted by atomic mass is 16.3. The number of hydrogen-bond donors (Lipinski definition) is 1. The fraction of sp³-hybridized carbons (Fsp3) is 0.500. The maximum atomic E-state index is 12.3. The van der Waals surface area contributed by atoms with Gasteiger partial charge >= 0.3 is 0 Å². The molecule has 1 N–H and O–H groups in total. The highest BCUT2D eigenvalue weighted by molar-refractivity contribution is 5.83. The van der Waals surface area contributed by atoms with E-state index < -0.39 is 0 Å². The van der Waals surface area contributed by atoms with Crippen molar-refractivity contribution in [3.63, 3.8) is 0 Å². The Bertz CT molecular complexity index is 377. The number of nitrogens with zero attached hydrogens (tertiary/aromatic N) is 1. The standard InChI is InChI=1S/C14H19NO2/c1-11(12-6-3-2-4-7-12)14(17)15-9-5-8-13(15)10-16/h2-4,6-7,11,13,16H,5,8-10H2,1H3/t11?,13-/m0/s1. The van der Waals surface area contributed by atoms with E-state index in [0.29, 0.717) is 0 Å². The zero-order chi connectivity index (χ0) is 12.3. The number of aliphatic hydroxyl groups is 1. The van der Waals surface area contributed by atoms with Gasteiger partial charge in [-0.2, -0.15) is 0 Å². The van der Waals surface area contributed by atoms with Crippen LogP contribution in [0.5, 0.6) is 0 Å². The third-order valence-corrected chi connectivity index (χ3v) is 3.54. The van der Waals surface area contributed by atoms with Crippen LogP contribution in [0.15, 0.2) is 30.3 Å². The molecule has 0 aromatic heterocycles. The number of aliphatic hydroxyl groups excluding tert-OH is 1. The van der Waals surface area contributed by atoms with E-state index in [-0.39, 0.29) is 24.5 Å². The summed E-state index contributed by atoms with van der Waals surface area (Å²) in [5, 5.41) is 9.24. The zero-order valence-electron chi connectivity index (χ0n) is 10.2. The average Bonchev–Trinajstić information content (AvgIpc) is 2.86. The van der Waals surface area contributed by atoms with Gasteiger partial charge in [0.05, 0.1) is 18.6 Å². The Labute approximate surface area is 102 Å². The van der Waals surface area contributed by atoms with Crippen molar-refractivity contribution in [1.29, 1.82) is 0 Å². The van der Waals surface area contributed by atoms with Crippen molar-refractivity contribution in [2.45, 2.75) is 31.7 Å². The Kier molecular flexibility index (Phi) is 3.79. The second-order valence-corrected chi connectivity index (χ2v) is 4.64. The van der Waals surface area contributed by atoms with E-state index in [9.17, 15) is 9.90 Å². The molecular weight excluding hydrogens is 214 g/mol. The van der Waals surface area contributed by atoms with Crippen LogP contribution in [0.1, 0.15) is 31.2 Å². The van der Waals surface area contributed by atoms with Crippen LogP contribution in [0.4, 0.5) is 0 Å². The van der Waals surface area contributed by atoms with Gasteiger partial charge < -0.3 is 10.0 Å². The van der Waals surface area contributed by atoms with Gasteiger partial charge in [-0.1, -0.05) is 30.3 Å². The number of carbonyl (C=O) groups is 1. The largest absolute Gasteiger partial charge is 0.394 e. The summed E-state index contributed by atoms with van der Waals surface area (Å²) >= 11 is 0. The molecule has 3 nitrogen and oxygen atoms in total. The van der Waals surface area contributed by atoms with Crippen LogP contribution < -0.4 is 0 Å². The Morgan fingerprint density at radius 2 is 2.18 bits per heavy atom. The highest BCUT2D eigenvalue weighted by Crippen LogP contribution is 2.24. The zero-order valence-corrected chi connectivity index (χ0v) is 10.2. The quantitative estimate of drug-likeness (QED) is 0.864. The third-order valence-electron chi connectivity index (χ3n) is 3.54. The molecule has 1 amide bonds. The van der Waals surface area contributed by atoms with Crippen LogP contribution in [-0.2, 0) is 4.79 Å². The smallest absolute Gasteiger partial charge is 0.230 e. The van der Waals surface area contributed by atoms with Gasteiger partial charge in [-0.25, -0.2) is 0 Å². The van der Waals surface area contributed by atoms with Crippen molar-refractivity contribution >= 4 is 5.91 Å². The molecule has 0 aliphatic carbocycles. The van der Waals surface area contributed by atoms with Crippen LogP contribution in [0.2, 0.25) is 0 Å². The number of hydrogen-bond acceptors (Lipinski definition) is 2. The number of rotatable bonds is 3. The van der Waals surface area contributed by atoms with E-state index in [4.69, 9.17) is 0 Å². The lowest BCUT2D eigenvalue weighted by Crippen LogP contribution is -2.39. The molecule has 1 unspecified atom stereocenters. The van der Waals surface area contributed by atoms with E-state index in [1.807, 2.05) is 42.2 Å². The van der Waals surface area contributed by atoms with Crippen LogP contribution >= 0.6 is 0 Å². The molecular formula is C14H19NO2. The number of likely N-dealkylation sites (tertiary alicyclic amines) is 1. The number of amides is 1. The molecule has 3 heteroatoms. The summed E-state index contributed by atoms with van der Waals surface area (Å²) < 4.78 is 0. The summed E-state index contributed by atoms with van der Waals surface area (Å²) in [4.78, 5) is 14.2. The fourth-order valence-corrected chi connectivity index (χ4v) is 2.45. The molecule has 1 aliphatic heterocycles. The second kappa shape index (κ2) is 5.32. The van der Waals surface area contributed by atoms with E-state index in [1.54, 1.807) is 0 Å². The molecule has 1 saturated heterocycles. The number of benzene rings is 1. The van der Waals surface area contributed by atoms with Gasteiger partial charge in [-0.3, -0.25) is 4.79 Å². The molecule has 0 saturated carbocycles. The maximum Gasteiger partial charge on any atom is 0.230 e. The van der Waals surface area contributed by atoms with Gasteiger partial charge in [0.1, 0.15) is 0 Å². The molecule has 2 rings (SSSR count). The summed E-state index contributed by atoms with van der Waals surface area (Å²) in [7, 11) is 0. The monoisotopic (exact) mass is 233 g/mol. The molecule has 1 aromatic carbocycles. The van der Waals surface area contributed by atoms with Gasteiger partial charge in [-0.15, -0.1) is 0 Å². The first-order chi connectivity index (χ1) is 8.24. The molecule has 0 spiro atoms. The van der Waals surface area contributed by atoms with E-state index in [0.717, 1.165) is 24.9 Å². The summed E-state index contributed by atoms with van der Waals surface area (Å²) in [6, 6.07) is 9.83. The molecule has 92 valence electrons. The van der Waals surface area contributed by atoms with Crippen LogP contribution in [0, 0.1) is 0 Å². The number of carbonyl (C=O) groups excluding carboxylic acids is 1. The maximum absolute atomic E-state index is 12.3. The molecule has 1 heterocycles. The molecule has 2 atom stereocenters. The Morgan fingerprint density at radius 1 is 1.47 bits per heavy atom. The minimum absolute atomic E-state index is 0.0219. The van der Waals surface area contributed by atoms with Crippen molar-refractivity contribution in [3.8, 4) is 0 Å². The van der Waals surface area contributed by atoms with E-state index >= 15 is 0 Å². The molecule has 1 aromatic rings. The predicted molar refractivity (Wildman–Crippen MR) is 66.7 cm³/mol. The summed E-state index contributed by atoms with van der Waals surface area (Å²) in [6.07, 6.45) is 1.92. The lowest BCUT2D eigenvalue weighted by atomic mass is 9.99. The Balaban J connectivity index is 2.10. The van der Waals surface area contributed by atoms with Gasteiger partial charge in [0.25, 0.3) is 0 Å². The van der Waals surface area contributed by atoms with E-state index in [1.165, 1.54) is 0 Å². The molecule has 0 bridgehead atoms. The minimum atomic E-state index is -0.122. The highest BCUT2D eigenvalue weighted by Gasteiger charge is 2.31. The normalized spacial score (nSPS) is 21.5. The van der Waals surface area contributed by atoms with Crippen molar-refractivity contribution in [2.75, 3.05) is 13.2 Å². The SMILES string of the molecule is CC(C(=O)N1CCC[C@H]1CO)c1ccccc1. The molecule has 0 radical (unpaired) electrons. The van der Waals surface area contributed by atoms with Crippen molar-refractivity contribution < 1.29 is 9.90 Å². The van der Waals surface area contributed by atoms with Gasteiger partial charge in [-0.05, 0) is 25.3 Å². The first-order valence-corrected chi connectivity index (χ1v) is 6.20. The third kappa shape index (κ3) is 2.50. The summed E-state index contributed by atoms with van der Waals surface area (Å²) in [5.41, 5.74) is 1.04. The predicted octanol–water partition coefficient (Wildman–Crippen LogP) is 1.77. The summed E-state index contributed by atoms with van der Waals surface area (Å²) in [5.74, 6) is 0.0103. The van der Waals surface area contributed by atoms with Crippen LogP contribution in [0.25, 0.3) is 0 Å². The lowest BCUT2D eigenvalue weighted by Gasteiger charge is -2.26. The minimum Gasteiger partial charge on any atom is -0.394 e. The van der Waals surface area contributed by atoms with Crippen molar-refractivity contribution in [2.24, 2.45) is 0 Å². The fourth-order valence-electron chi connectivity index (χ4n) is 2.45. The first-order valence-electron chi connectivity index (χ1n) is 6.20. The molecule has 17 heavy (non-hydrogen) atoms. The molecule has 1 fully saturated rings. The molecule has 1 aliphatic rings. The van der Waals surface area contributed by atoms with Crippen LogP contribution in [-0.4, -0.2) is 35.1 Å². The van der Waals surface area contributed by atoms with Gasteiger partial charge in [0.2, 0.25) is 5.91 Å². The Morgan fingerprint density at radius 3 is 2.82 bits per heavy atom. The van der Waals surface area contributed by atoms with Crippen molar-refractivity contribution in [1.82, 2.24) is 4.90 Å².